The van der Waals surface area contributed by atoms with Gasteiger partial charge in [0.1, 0.15) is 12.1 Å². The topological polar surface area (TPSA) is 126 Å². The molecule has 2 aliphatic heterocycles. The monoisotopic (exact) mass is 499 g/mol. The zero-order valence-electron chi connectivity index (χ0n) is 20.8. The average Bonchev–Trinajstić information content (AvgIpc) is 2.90. The maximum Gasteiger partial charge on any atom is 0.409 e. The second-order valence-electron chi connectivity index (χ2n) is 8.63. The lowest BCUT2D eigenvalue weighted by atomic mass is 10.1. The molecular weight excluding hydrogens is 466 g/mol. The number of nitrogens with one attached hydrogen (secondary N) is 1. The van der Waals surface area contributed by atoms with Crippen LogP contribution in [0.3, 0.4) is 0 Å². The molecule has 0 atom stereocenters. The second-order valence-corrected chi connectivity index (χ2v) is 8.63. The van der Waals surface area contributed by atoms with E-state index in [0.29, 0.717) is 71.1 Å². The van der Waals surface area contributed by atoms with Crippen LogP contribution in [0.25, 0.3) is 0 Å². The lowest BCUT2D eigenvalue weighted by Gasteiger charge is -2.37. The van der Waals surface area contributed by atoms with E-state index in [2.05, 4.69) is 20.2 Å². The molecule has 1 aromatic heterocycles. The minimum absolute atomic E-state index is 0.0379. The van der Waals surface area contributed by atoms with Crippen LogP contribution in [-0.4, -0.2) is 84.4 Å². The summed E-state index contributed by atoms with van der Waals surface area (Å²) in [5.41, 5.74) is 0.904. The van der Waals surface area contributed by atoms with Crippen LogP contribution >= 0.6 is 0 Å². The van der Waals surface area contributed by atoms with Crippen LogP contribution in [0.4, 0.5) is 27.8 Å². The molecule has 0 spiro atoms. The number of aromatic nitrogens is 2. The molecule has 4 rings (SSSR count). The Hall–Kier alpha value is -3.83. The molecule has 0 saturated carbocycles. The van der Waals surface area contributed by atoms with Crippen molar-refractivity contribution in [1.29, 1.82) is 0 Å². The van der Waals surface area contributed by atoms with Gasteiger partial charge in [0, 0.05) is 45.3 Å². The summed E-state index contributed by atoms with van der Waals surface area (Å²) in [6, 6.07) is 7.88. The number of para-hydroxylation sites is 2. The van der Waals surface area contributed by atoms with E-state index < -0.39 is 4.92 Å². The van der Waals surface area contributed by atoms with Crippen molar-refractivity contribution in [3.63, 3.8) is 0 Å². The SMILES string of the molecule is CCOC(=O)N1CCC(Nc2ncnc(N3CCN(c4ccccc4OCC)CC3)c2[N+](=O)[O-])CC1. The Kier molecular flexibility index (Phi) is 8.24. The van der Waals surface area contributed by atoms with Gasteiger partial charge in [0.25, 0.3) is 0 Å². The Morgan fingerprint density at radius 3 is 2.42 bits per heavy atom. The summed E-state index contributed by atoms with van der Waals surface area (Å²) >= 11 is 0. The first-order valence-electron chi connectivity index (χ1n) is 12.4. The van der Waals surface area contributed by atoms with Crippen LogP contribution in [0.5, 0.6) is 5.75 Å². The summed E-state index contributed by atoms with van der Waals surface area (Å²) in [7, 11) is 0. The maximum atomic E-state index is 12.1. The zero-order chi connectivity index (χ0) is 25.5. The first-order chi connectivity index (χ1) is 17.5. The molecule has 2 saturated heterocycles. The lowest BCUT2D eigenvalue weighted by Crippen LogP contribution is -2.47. The van der Waals surface area contributed by atoms with E-state index in [1.54, 1.807) is 11.8 Å². The first kappa shape index (κ1) is 25.3. The minimum Gasteiger partial charge on any atom is -0.492 e. The van der Waals surface area contributed by atoms with Gasteiger partial charge in [-0.2, -0.15) is 0 Å². The minimum atomic E-state index is -0.415. The molecule has 12 nitrogen and oxygen atoms in total. The van der Waals surface area contributed by atoms with Gasteiger partial charge in [-0.3, -0.25) is 10.1 Å². The Balaban J connectivity index is 1.43. The van der Waals surface area contributed by atoms with E-state index in [4.69, 9.17) is 9.47 Å². The molecule has 0 bridgehead atoms. The van der Waals surface area contributed by atoms with Crippen molar-refractivity contribution in [3.8, 4) is 5.75 Å². The van der Waals surface area contributed by atoms with Gasteiger partial charge in [-0.25, -0.2) is 14.8 Å². The van der Waals surface area contributed by atoms with Crippen LogP contribution in [0.15, 0.2) is 30.6 Å². The number of piperazine rings is 1. The molecule has 3 heterocycles. The van der Waals surface area contributed by atoms with Crippen molar-refractivity contribution < 1.29 is 19.2 Å². The fraction of sp³-hybridized carbons (Fsp3) is 0.542. The number of rotatable bonds is 8. The smallest absolute Gasteiger partial charge is 0.409 e. The number of nitrogens with zero attached hydrogens (tertiary/aromatic N) is 6. The summed E-state index contributed by atoms with van der Waals surface area (Å²) in [6.45, 7) is 8.21. The van der Waals surface area contributed by atoms with E-state index in [-0.39, 0.29) is 23.6 Å². The lowest BCUT2D eigenvalue weighted by molar-refractivity contribution is -0.383. The van der Waals surface area contributed by atoms with Crippen molar-refractivity contribution in [1.82, 2.24) is 14.9 Å². The molecule has 2 aromatic rings. The van der Waals surface area contributed by atoms with E-state index in [1.807, 2.05) is 36.1 Å². The van der Waals surface area contributed by atoms with Gasteiger partial charge >= 0.3 is 11.8 Å². The van der Waals surface area contributed by atoms with Crippen molar-refractivity contribution in [2.24, 2.45) is 0 Å². The summed E-state index contributed by atoms with van der Waals surface area (Å²) in [4.78, 5) is 38.0. The number of piperidine rings is 1. The molecule has 1 aromatic carbocycles. The van der Waals surface area contributed by atoms with Crippen molar-refractivity contribution in [2.45, 2.75) is 32.7 Å². The quantitative estimate of drug-likeness (QED) is 0.427. The number of benzene rings is 1. The number of anilines is 3. The fourth-order valence-electron chi connectivity index (χ4n) is 4.64. The van der Waals surface area contributed by atoms with Crippen molar-refractivity contribution >= 4 is 29.1 Å². The number of amides is 1. The average molecular weight is 500 g/mol. The first-order valence-corrected chi connectivity index (χ1v) is 12.4. The molecule has 0 aliphatic carbocycles. The highest BCUT2D eigenvalue weighted by Gasteiger charge is 2.32. The van der Waals surface area contributed by atoms with Crippen LogP contribution in [0.1, 0.15) is 26.7 Å². The van der Waals surface area contributed by atoms with E-state index in [9.17, 15) is 14.9 Å². The maximum absolute atomic E-state index is 12.1. The zero-order valence-corrected chi connectivity index (χ0v) is 20.8. The molecule has 194 valence electrons. The third-order valence-electron chi connectivity index (χ3n) is 6.43. The predicted molar refractivity (Wildman–Crippen MR) is 136 cm³/mol. The van der Waals surface area contributed by atoms with E-state index in [0.717, 1.165) is 11.4 Å². The van der Waals surface area contributed by atoms with Gasteiger partial charge in [0.05, 0.1) is 23.8 Å². The van der Waals surface area contributed by atoms with Crippen LogP contribution in [0, 0.1) is 10.1 Å². The Labute approximate surface area is 210 Å². The predicted octanol–water partition coefficient (Wildman–Crippen LogP) is 3.14. The normalized spacial score (nSPS) is 16.6. The van der Waals surface area contributed by atoms with E-state index in [1.165, 1.54) is 6.33 Å². The number of carbonyl (C=O) groups is 1. The highest BCUT2D eigenvalue weighted by atomic mass is 16.6. The third-order valence-corrected chi connectivity index (χ3v) is 6.43. The van der Waals surface area contributed by atoms with Crippen molar-refractivity contribution in [2.75, 3.05) is 67.6 Å². The Morgan fingerprint density at radius 1 is 1.06 bits per heavy atom. The number of likely N-dealkylation sites (tertiary alicyclic amines) is 1. The van der Waals surface area contributed by atoms with Gasteiger partial charge in [-0.1, -0.05) is 12.1 Å². The molecule has 2 aliphatic rings. The molecule has 1 amide bonds. The number of carbonyl (C=O) groups excluding carboxylic acids is 1. The molecular formula is C24H33N7O5. The van der Waals surface area contributed by atoms with E-state index >= 15 is 0 Å². The summed E-state index contributed by atoms with van der Waals surface area (Å²) in [6.07, 6.45) is 2.34. The summed E-state index contributed by atoms with van der Waals surface area (Å²) in [5, 5.41) is 15.3. The van der Waals surface area contributed by atoms with Gasteiger partial charge < -0.3 is 29.5 Å². The fourth-order valence-corrected chi connectivity index (χ4v) is 4.64. The third kappa shape index (κ3) is 5.69. The standard InChI is InChI=1S/C24H33N7O5/c1-3-35-20-8-6-5-7-19(20)28-13-15-29(16-14-28)23-21(31(33)34)22(25-17-26-23)27-18-9-11-30(12-10-18)24(32)36-4-2/h5-8,17-18H,3-4,9-16H2,1-2H3,(H,25,26,27). The number of ether oxygens (including phenoxy) is 2. The molecule has 2 fully saturated rings. The van der Waals surface area contributed by atoms with Crippen molar-refractivity contribution in [3.05, 3.63) is 40.7 Å². The van der Waals surface area contributed by atoms with Gasteiger partial charge in [0.2, 0.25) is 11.6 Å². The van der Waals surface area contributed by atoms with Crippen LogP contribution < -0.4 is 19.9 Å². The number of hydrogen-bond donors (Lipinski definition) is 1. The van der Waals surface area contributed by atoms with Crippen LogP contribution in [-0.2, 0) is 4.74 Å². The molecule has 1 N–H and O–H groups in total. The second kappa shape index (κ2) is 11.7. The summed E-state index contributed by atoms with van der Waals surface area (Å²) in [5.74, 6) is 1.37. The molecule has 0 unspecified atom stereocenters. The molecule has 12 heteroatoms. The highest BCUT2D eigenvalue weighted by Crippen LogP contribution is 2.35. The number of nitro groups is 1. The van der Waals surface area contributed by atoms with Crippen LogP contribution in [0.2, 0.25) is 0 Å². The Bertz CT molecular complexity index is 1050. The summed E-state index contributed by atoms with van der Waals surface area (Å²) < 4.78 is 10.8. The van der Waals surface area contributed by atoms with Gasteiger partial charge in [-0.05, 0) is 38.8 Å². The molecule has 36 heavy (non-hydrogen) atoms. The molecule has 0 radical (unpaired) electrons. The highest BCUT2D eigenvalue weighted by molar-refractivity contribution is 5.71. The largest absolute Gasteiger partial charge is 0.492 e. The van der Waals surface area contributed by atoms with Gasteiger partial charge in [0.15, 0.2) is 0 Å². The Morgan fingerprint density at radius 2 is 1.75 bits per heavy atom. The number of hydrogen-bond acceptors (Lipinski definition) is 10. The van der Waals surface area contributed by atoms with Gasteiger partial charge in [-0.15, -0.1) is 0 Å².